The van der Waals surface area contributed by atoms with Crippen LogP contribution in [0, 0.1) is 0 Å². The van der Waals surface area contributed by atoms with E-state index in [2.05, 4.69) is 8.58 Å². The Kier molecular flexibility index (Phi) is 3.85. The fourth-order valence-corrected chi connectivity index (χ4v) is 1.20. The summed E-state index contributed by atoms with van der Waals surface area (Å²) in [5, 5.41) is 8.56. The molecule has 0 aliphatic heterocycles. The van der Waals surface area contributed by atoms with Crippen molar-refractivity contribution in [2.75, 3.05) is 0 Å². The molecule has 1 aromatic carbocycles. The Hall–Kier alpha value is -1.13. The Morgan fingerprint density at radius 1 is 1.36 bits per heavy atom. The standard InChI is InChI=1S/C8H6Cl2O4/c9-13-6-2-1-5(3-8(11)12)7(4-6)14-10/h1-2,4H,3H2,(H,11,12). The molecular weight excluding hydrogens is 231 g/mol. The third-order valence-electron chi connectivity index (χ3n) is 1.55. The highest BCUT2D eigenvalue weighted by atomic mass is 35.5. The summed E-state index contributed by atoms with van der Waals surface area (Å²) in [5.41, 5.74) is 0.449. The maximum Gasteiger partial charge on any atom is 0.307 e. The average molecular weight is 237 g/mol. The second-order valence-electron chi connectivity index (χ2n) is 2.49. The number of hydrogen-bond acceptors (Lipinski definition) is 3. The van der Waals surface area contributed by atoms with Crippen molar-refractivity contribution in [1.82, 2.24) is 0 Å². The molecule has 76 valence electrons. The van der Waals surface area contributed by atoms with E-state index in [-0.39, 0.29) is 12.2 Å². The zero-order valence-corrected chi connectivity index (χ0v) is 8.38. The van der Waals surface area contributed by atoms with Crippen molar-refractivity contribution in [2.24, 2.45) is 0 Å². The zero-order chi connectivity index (χ0) is 10.6. The van der Waals surface area contributed by atoms with Crippen LogP contribution in [0.4, 0.5) is 0 Å². The second-order valence-corrected chi connectivity index (χ2v) is 2.80. The summed E-state index contributed by atoms with van der Waals surface area (Å²) in [7, 11) is 0. The molecule has 0 spiro atoms. The highest BCUT2D eigenvalue weighted by Gasteiger charge is 2.09. The second kappa shape index (κ2) is 4.93. The van der Waals surface area contributed by atoms with Gasteiger partial charge in [-0.15, -0.1) is 0 Å². The summed E-state index contributed by atoms with van der Waals surface area (Å²) >= 11 is 10.3. The lowest BCUT2D eigenvalue weighted by Crippen LogP contribution is -2.01. The quantitative estimate of drug-likeness (QED) is 0.873. The minimum absolute atomic E-state index is 0.176. The van der Waals surface area contributed by atoms with Crippen LogP contribution < -0.4 is 8.58 Å². The molecule has 1 N–H and O–H groups in total. The van der Waals surface area contributed by atoms with E-state index in [4.69, 9.17) is 28.8 Å². The van der Waals surface area contributed by atoms with Gasteiger partial charge >= 0.3 is 5.97 Å². The normalized spacial score (nSPS) is 9.57. The molecule has 0 atom stereocenters. The zero-order valence-electron chi connectivity index (χ0n) is 6.87. The average Bonchev–Trinajstić information content (AvgIpc) is 2.17. The van der Waals surface area contributed by atoms with Gasteiger partial charge in [-0.25, -0.2) is 0 Å². The van der Waals surface area contributed by atoms with Crippen LogP contribution in [0.15, 0.2) is 18.2 Å². The third kappa shape index (κ3) is 2.68. The van der Waals surface area contributed by atoms with E-state index in [0.29, 0.717) is 11.3 Å². The third-order valence-corrected chi connectivity index (χ3v) is 1.90. The number of benzene rings is 1. The molecule has 1 rings (SSSR count). The van der Waals surface area contributed by atoms with E-state index >= 15 is 0 Å². The number of rotatable bonds is 4. The Bertz CT molecular complexity index is 340. The van der Waals surface area contributed by atoms with Crippen LogP contribution >= 0.6 is 23.7 Å². The first-order valence-corrected chi connectivity index (χ1v) is 4.21. The molecule has 0 heterocycles. The number of aliphatic carboxylic acids is 1. The first kappa shape index (κ1) is 10.9. The molecule has 1 aromatic rings. The van der Waals surface area contributed by atoms with Crippen LogP contribution in [-0.2, 0) is 11.2 Å². The van der Waals surface area contributed by atoms with E-state index in [1.54, 1.807) is 0 Å². The molecule has 0 bridgehead atoms. The summed E-state index contributed by atoms with van der Waals surface area (Å²) in [6.45, 7) is 0. The molecular formula is C8H6Cl2O4. The predicted octanol–water partition coefficient (Wildman–Crippen LogP) is 2.38. The Labute approximate surface area is 90.3 Å². The predicted molar refractivity (Wildman–Crippen MR) is 50.7 cm³/mol. The molecule has 14 heavy (non-hydrogen) atoms. The van der Waals surface area contributed by atoms with Gasteiger partial charge in [-0.05, 0) is 6.07 Å². The first-order valence-electron chi connectivity index (χ1n) is 3.59. The number of carboxylic acid groups (broad SMARTS) is 1. The summed E-state index contributed by atoms with van der Waals surface area (Å²) < 4.78 is 8.86. The SMILES string of the molecule is O=C(O)Cc1ccc(OCl)cc1OCl. The van der Waals surface area contributed by atoms with Crippen molar-refractivity contribution in [1.29, 1.82) is 0 Å². The van der Waals surface area contributed by atoms with Gasteiger partial charge in [0.2, 0.25) is 0 Å². The van der Waals surface area contributed by atoms with Gasteiger partial charge in [0.15, 0.2) is 5.75 Å². The van der Waals surface area contributed by atoms with Crippen LogP contribution in [0.5, 0.6) is 11.5 Å². The Morgan fingerprint density at radius 2 is 2.07 bits per heavy atom. The number of halogens is 2. The molecule has 4 nitrogen and oxygen atoms in total. The van der Waals surface area contributed by atoms with Crippen LogP contribution in [0.25, 0.3) is 0 Å². The van der Waals surface area contributed by atoms with Gasteiger partial charge in [0.05, 0.1) is 6.42 Å². The van der Waals surface area contributed by atoms with Gasteiger partial charge in [0.25, 0.3) is 0 Å². The number of carbonyl (C=O) groups is 1. The van der Waals surface area contributed by atoms with Crippen LogP contribution in [0.3, 0.4) is 0 Å². The van der Waals surface area contributed by atoms with Crippen molar-refractivity contribution in [3.8, 4) is 11.5 Å². The minimum atomic E-state index is -0.973. The Balaban J connectivity index is 2.98. The van der Waals surface area contributed by atoms with Crippen molar-refractivity contribution in [3.63, 3.8) is 0 Å². The Morgan fingerprint density at radius 3 is 2.57 bits per heavy atom. The lowest BCUT2D eigenvalue weighted by atomic mass is 10.1. The van der Waals surface area contributed by atoms with Gasteiger partial charge in [0.1, 0.15) is 29.5 Å². The van der Waals surface area contributed by atoms with E-state index in [1.807, 2.05) is 0 Å². The first-order chi connectivity index (χ1) is 6.67. The summed E-state index contributed by atoms with van der Waals surface area (Å²) in [6, 6.07) is 4.44. The maximum atomic E-state index is 10.4. The van der Waals surface area contributed by atoms with E-state index in [0.717, 1.165) is 0 Å². The molecule has 0 aliphatic carbocycles. The van der Waals surface area contributed by atoms with Gasteiger partial charge in [0, 0.05) is 11.6 Å². The molecule has 0 fully saturated rings. The highest BCUT2D eigenvalue weighted by Crippen LogP contribution is 2.26. The molecule has 0 saturated heterocycles. The number of hydrogen-bond donors (Lipinski definition) is 1. The topological polar surface area (TPSA) is 55.8 Å². The van der Waals surface area contributed by atoms with Gasteiger partial charge < -0.3 is 13.7 Å². The van der Waals surface area contributed by atoms with Crippen molar-refractivity contribution >= 4 is 29.7 Å². The fourth-order valence-electron chi connectivity index (χ4n) is 0.964. The van der Waals surface area contributed by atoms with E-state index in [9.17, 15) is 4.79 Å². The highest BCUT2D eigenvalue weighted by molar-refractivity contribution is 6.09. The summed E-state index contributed by atoms with van der Waals surface area (Å²) in [4.78, 5) is 10.4. The van der Waals surface area contributed by atoms with Crippen LogP contribution in [0.2, 0.25) is 0 Å². The number of carboxylic acids is 1. The lowest BCUT2D eigenvalue weighted by molar-refractivity contribution is -0.136. The summed E-state index contributed by atoms with van der Waals surface area (Å²) in [5.74, 6) is -0.428. The molecule has 0 aromatic heterocycles. The smallest absolute Gasteiger partial charge is 0.307 e. The van der Waals surface area contributed by atoms with Gasteiger partial charge in [-0.2, -0.15) is 0 Å². The van der Waals surface area contributed by atoms with Gasteiger partial charge in [-0.3, -0.25) is 4.79 Å². The molecule has 0 aliphatic rings. The lowest BCUT2D eigenvalue weighted by Gasteiger charge is -2.04. The van der Waals surface area contributed by atoms with Crippen molar-refractivity contribution in [2.45, 2.75) is 6.42 Å². The molecule has 0 radical (unpaired) electrons. The maximum absolute atomic E-state index is 10.4. The minimum Gasteiger partial charge on any atom is -0.481 e. The monoisotopic (exact) mass is 236 g/mol. The molecule has 0 unspecified atom stereocenters. The molecule has 6 heteroatoms. The van der Waals surface area contributed by atoms with Crippen LogP contribution in [-0.4, -0.2) is 11.1 Å². The summed E-state index contributed by atoms with van der Waals surface area (Å²) in [6.07, 6.45) is -0.176. The molecule has 0 amide bonds. The molecule has 0 saturated carbocycles. The van der Waals surface area contributed by atoms with Crippen molar-refractivity contribution in [3.05, 3.63) is 23.8 Å². The van der Waals surface area contributed by atoms with E-state index in [1.165, 1.54) is 18.2 Å². The van der Waals surface area contributed by atoms with Crippen LogP contribution in [0.1, 0.15) is 5.56 Å². The van der Waals surface area contributed by atoms with Gasteiger partial charge in [-0.1, -0.05) is 6.07 Å². The fraction of sp³-hybridized carbons (Fsp3) is 0.125. The largest absolute Gasteiger partial charge is 0.481 e. The van der Waals surface area contributed by atoms with E-state index < -0.39 is 5.97 Å². The van der Waals surface area contributed by atoms with Crippen molar-refractivity contribution < 1.29 is 18.5 Å².